The van der Waals surface area contributed by atoms with Crippen LogP contribution in [0, 0.1) is 0 Å². The van der Waals surface area contributed by atoms with E-state index in [4.69, 9.17) is 9.94 Å². The Balaban J connectivity index is 1.95. The molecule has 1 unspecified atom stereocenters. The number of carbonyl (C=O) groups excluding carboxylic acids is 1. The highest BCUT2D eigenvalue weighted by molar-refractivity contribution is 5.74. The number of benzene rings is 2. The fraction of sp³-hybridized carbons (Fsp3) is 0.316. The number of ether oxygens (including phenoxy) is 1. The average Bonchev–Trinajstić information content (AvgIpc) is 2.65. The molecule has 1 amide bonds. The van der Waals surface area contributed by atoms with Gasteiger partial charge in [-0.3, -0.25) is 14.9 Å². The summed E-state index contributed by atoms with van der Waals surface area (Å²) in [5.41, 5.74) is 5.46. The standard InChI is InChI=1S/C19H22N2O3/c1-24-16-7-4-6-15(13-16)19-17-8-3-2-5-14(17)9-11-21(19)12-10-18(22)20-23/h2-8,13,19,23H,9-12H2,1H3,(H,20,22). The molecule has 5 heteroatoms. The first-order valence-electron chi connectivity index (χ1n) is 8.11. The Bertz CT molecular complexity index is 717. The molecule has 0 fully saturated rings. The van der Waals surface area contributed by atoms with Gasteiger partial charge < -0.3 is 4.74 Å². The normalized spacial score (nSPS) is 17.2. The van der Waals surface area contributed by atoms with Gasteiger partial charge in [0, 0.05) is 19.5 Å². The lowest BCUT2D eigenvalue weighted by molar-refractivity contribution is -0.129. The number of hydrogen-bond acceptors (Lipinski definition) is 4. The number of hydrogen-bond donors (Lipinski definition) is 2. The molecule has 0 radical (unpaired) electrons. The Hall–Kier alpha value is -2.37. The van der Waals surface area contributed by atoms with Gasteiger partial charge in [-0.1, -0.05) is 36.4 Å². The van der Waals surface area contributed by atoms with E-state index in [1.54, 1.807) is 12.6 Å². The minimum atomic E-state index is -0.363. The fourth-order valence-electron chi connectivity index (χ4n) is 3.36. The van der Waals surface area contributed by atoms with Crippen molar-refractivity contribution in [2.24, 2.45) is 0 Å². The molecule has 1 atom stereocenters. The number of nitrogens with one attached hydrogen (secondary N) is 1. The van der Waals surface area contributed by atoms with Crippen molar-refractivity contribution in [2.75, 3.05) is 20.2 Å². The third-order valence-corrected chi connectivity index (χ3v) is 4.54. The number of methoxy groups -OCH3 is 1. The highest BCUT2D eigenvalue weighted by atomic mass is 16.5. The molecule has 24 heavy (non-hydrogen) atoms. The van der Waals surface area contributed by atoms with Crippen LogP contribution in [0.5, 0.6) is 5.75 Å². The van der Waals surface area contributed by atoms with E-state index in [0.717, 1.165) is 24.3 Å². The Morgan fingerprint density at radius 2 is 2.12 bits per heavy atom. The summed E-state index contributed by atoms with van der Waals surface area (Å²) in [4.78, 5) is 13.7. The molecule has 3 rings (SSSR count). The van der Waals surface area contributed by atoms with Crippen LogP contribution in [-0.4, -0.2) is 36.2 Å². The van der Waals surface area contributed by atoms with Crippen molar-refractivity contribution < 1.29 is 14.7 Å². The van der Waals surface area contributed by atoms with Crippen LogP contribution in [0.2, 0.25) is 0 Å². The van der Waals surface area contributed by atoms with E-state index >= 15 is 0 Å². The maximum absolute atomic E-state index is 11.4. The van der Waals surface area contributed by atoms with Gasteiger partial charge in [0.25, 0.3) is 0 Å². The summed E-state index contributed by atoms with van der Waals surface area (Å²) >= 11 is 0. The van der Waals surface area contributed by atoms with Crippen LogP contribution in [0.15, 0.2) is 48.5 Å². The van der Waals surface area contributed by atoms with Crippen molar-refractivity contribution in [2.45, 2.75) is 18.9 Å². The maximum atomic E-state index is 11.4. The van der Waals surface area contributed by atoms with E-state index in [9.17, 15) is 4.79 Å². The highest BCUT2D eigenvalue weighted by Crippen LogP contribution is 2.36. The van der Waals surface area contributed by atoms with Crippen LogP contribution < -0.4 is 10.2 Å². The summed E-state index contributed by atoms with van der Waals surface area (Å²) in [7, 11) is 1.66. The lowest BCUT2D eigenvalue weighted by Crippen LogP contribution is -2.38. The molecule has 2 aromatic carbocycles. The Kier molecular flexibility index (Phi) is 5.13. The summed E-state index contributed by atoms with van der Waals surface area (Å²) in [5.74, 6) is 0.460. The van der Waals surface area contributed by atoms with Gasteiger partial charge >= 0.3 is 0 Å². The molecule has 0 aromatic heterocycles. The zero-order valence-corrected chi connectivity index (χ0v) is 13.7. The van der Waals surface area contributed by atoms with Crippen LogP contribution in [0.25, 0.3) is 0 Å². The van der Waals surface area contributed by atoms with Gasteiger partial charge in [-0.25, -0.2) is 5.48 Å². The van der Waals surface area contributed by atoms with E-state index in [2.05, 4.69) is 35.2 Å². The fourth-order valence-corrected chi connectivity index (χ4v) is 3.36. The lowest BCUT2D eigenvalue weighted by atomic mass is 9.88. The lowest BCUT2D eigenvalue weighted by Gasteiger charge is -2.37. The first-order chi connectivity index (χ1) is 11.7. The van der Waals surface area contributed by atoms with Crippen LogP contribution in [-0.2, 0) is 11.2 Å². The average molecular weight is 326 g/mol. The molecule has 0 spiro atoms. The second-order valence-corrected chi connectivity index (χ2v) is 5.95. The zero-order valence-electron chi connectivity index (χ0n) is 13.7. The van der Waals surface area contributed by atoms with Gasteiger partial charge in [0.05, 0.1) is 13.2 Å². The van der Waals surface area contributed by atoms with Crippen molar-refractivity contribution in [3.8, 4) is 5.75 Å². The third-order valence-electron chi connectivity index (χ3n) is 4.54. The molecule has 1 aliphatic heterocycles. The summed E-state index contributed by atoms with van der Waals surface area (Å²) in [6, 6.07) is 16.6. The first kappa shape index (κ1) is 16.5. The molecule has 0 saturated heterocycles. The second-order valence-electron chi connectivity index (χ2n) is 5.95. The van der Waals surface area contributed by atoms with Crippen molar-refractivity contribution >= 4 is 5.91 Å². The molecule has 0 saturated carbocycles. The molecule has 1 aliphatic rings. The van der Waals surface area contributed by atoms with Gasteiger partial charge in [0.2, 0.25) is 5.91 Å². The molecule has 126 valence electrons. The Labute approximate surface area is 141 Å². The quantitative estimate of drug-likeness (QED) is 0.655. The maximum Gasteiger partial charge on any atom is 0.244 e. The van der Waals surface area contributed by atoms with Crippen LogP contribution in [0.1, 0.15) is 29.2 Å². The van der Waals surface area contributed by atoms with Gasteiger partial charge in [-0.05, 0) is 35.2 Å². The minimum Gasteiger partial charge on any atom is -0.497 e. The summed E-state index contributed by atoms with van der Waals surface area (Å²) in [6.07, 6.45) is 1.22. The Morgan fingerprint density at radius 3 is 2.92 bits per heavy atom. The molecular weight excluding hydrogens is 304 g/mol. The number of nitrogens with zero attached hydrogens (tertiary/aromatic N) is 1. The zero-order chi connectivity index (χ0) is 16.9. The van der Waals surface area contributed by atoms with Crippen molar-refractivity contribution in [1.82, 2.24) is 10.4 Å². The summed E-state index contributed by atoms with van der Waals surface area (Å²) < 4.78 is 5.37. The van der Waals surface area contributed by atoms with E-state index < -0.39 is 0 Å². The number of amides is 1. The summed E-state index contributed by atoms with van der Waals surface area (Å²) in [6.45, 7) is 1.46. The molecule has 0 aliphatic carbocycles. The van der Waals surface area contributed by atoms with Crippen molar-refractivity contribution in [1.29, 1.82) is 0 Å². The highest BCUT2D eigenvalue weighted by Gasteiger charge is 2.28. The van der Waals surface area contributed by atoms with E-state index in [1.165, 1.54) is 11.1 Å². The smallest absolute Gasteiger partial charge is 0.244 e. The Morgan fingerprint density at radius 1 is 1.29 bits per heavy atom. The largest absolute Gasteiger partial charge is 0.497 e. The van der Waals surface area contributed by atoms with Crippen LogP contribution in [0.3, 0.4) is 0 Å². The number of fused-ring (bicyclic) bond motifs is 1. The monoisotopic (exact) mass is 326 g/mol. The third kappa shape index (κ3) is 3.42. The predicted molar refractivity (Wildman–Crippen MR) is 91.1 cm³/mol. The van der Waals surface area contributed by atoms with E-state index in [-0.39, 0.29) is 18.4 Å². The van der Waals surface area contributed by atoms with Gasteiger partial charge in [-0.15, -0.1) is 0 Å². The summed E-state index contributed by atoms with van der Waals surface area (Å²) in [5, 5.41) is 8.74. The van der Waals surface area contributed by atoms with Crippen molar-refractivity contribution in [3.63, 3.8) is 0 Å². The second kappa shape index (κ2) is 7.47. The number of rotatable bonds is 5. The number of carbonyl (C=O) groups is 1. The van der Waals surface area contributed by atoms with Gasteiger partial charge in [0.1, 0.15) is 5.75 Å². The van der Waals surface area contributed by atoms with Gasteiger partial charge in [0.15, 0.2) is 0 Å². The molecular formula is C19H22N2O3. The minimum absolute atomic E-state index is 0.0801. The topological polar surface area (TPSA) is 61.8 Å². The molecule has 2 N–H and O–H groups in total. The van der Waals surface area contributed by atoms with E-state index in [1.807, 2.05) is 18.2 Å². The predicted octanol–water partition coefficient (Wildman–Crippen LogP) is 2.54. The SMILES string of the molecule is COc1cccc(C2c3ccccc3CCN2CCC(=O)NO)c1. The molecule has 5 nitrogen and oxygen atoms in total. The van der Waals surface area contributed by atoms with Crippen LogP contribution >= 0.6 is 0 Å². The molecule has 0 bridgehead atoms. The van der Waals surface area contributed by atoms with Crippen molar-refractivity contribution in [3.05, 3.63) is 65.2 Å². The number of hydroxylamine groups is 1. The molecule has 2 aromatic rings. The van der Waals surface area contributed by atoms with Crippen LogP contribution in [0.4, 0.5) is 0 Å². The van der Waals surface area contributed by atoms with Gasteiger partial charge in [-0.2, -0.15) is 0 Å². The molecule has 1 heterocycles. The van der Waals surface area contributed by atoms with E-state index in [0.29, 0.717) is 6.54 Å². The first-order valence-corrected chi connectivity index (χ1v) is 8.11.